The second-order valence-electron chi connectivity index (χ2n) is 6.55. The number of nitrogens with two attached hydrogens (primary N) is 1. The third-order valence-corrected chi connectivity index (χ3v) is 5.01. The molecule has 1 fully saturated rings. The van der Waals surface area contributed by atoms with Crippen LogP contribution < -0.4 is 5.32 Å². The van der Waals surface area contributed by atoms with Gasteiger partial charge in [-0.1, -0.05) is 19.4 Å². The van der Waals surface area contributed by atoms with Crippen LogP contribution in [0.15, 0.2) is 58.3 Å². The highest BCUT2D eigenvalue weighted by Crippen LogP contribution is 2.43. The molecular weight excluding hydrogens is 290 g/mol. The van der Waals surface area contributed by atoms with Crippen LogP contribution in [0.4, 0.5) is 0 Å². The van der Waals surface area contributed by atoms with Crippen LogP contribution >= 0.6 is 0 Å². The van der Waals surface area contributed by atoms with E-state index in [-0.39, 0.29) is 18.0 Å². The first-order valence-corrected chi connectivity index (χ1v) is 8.43. The first kappa shape index (κ1) is 16.1. The lowest BCUT2D eigenvalue weighted by molar-refractivity contribution is -0.760. The molecule has 3 heterocycles. The van der Waals surface area contributed by atoms with Crippen LogP contribution in [-0.2, 0) is 0 Å². The third-order valence-electron chi connectivity index (χ3n) is 5.01. The Bertz CT molecular complexity index is 605. The fourth-order valence-electron chi connectivity index (χ4n) is 4.03. The summed E-state index contributed by atoms with van der Waals surface area (Å²) in [6.45, 7) is 6.01. The van der Waals surface area contributed by atoms with E-state index in [9.17, 15) is 5.11 Å². The molecule has 3 rings (SSSR count). The normalized spacial score (nSPS) is 31.1. The molecule has 4 nitrogen and oxygen atoms in total. The standard InChI is InChI=1S/C19H25NO3/c1-3-7-14-18(17-9-6-12-23-17)20-15(16-8-5-11-22-16)13-19(14,21)10-4-2/h4-6,8-9,11-12,14-15,18,20-21H,2-3,7,10,13H2,1H3/p+1/t14-,15-,18+,19+/m0/s1. The Hall–Kier alpha value is -1.78. The number of hydrogen-bond donors (Lipinski definition) is 2. The summed E-state index contributed by atoms with van der Waals surface area (Å²) in [7, 11) is 0. The molecular formula is C19H26NO3+. The Morgan fingerprint density at radius 3 is 2.57 bits per heavy atom. The predicted octanol–water partition coefficient (Wildman–Crippen LogP) is 3.35. The Kier molecular flexibility index (Phi) is 4.74. The van der Waals surface area contributed by atoms with Crippen LogP contribution in [0.5, 0.6) is 0 Å². The minimum atomic E-state index is -0.790. The first-order chi connectivity index (χ1) is 11.2. The van der Waals surface area contributed by atoms with Crippen molar-refractivity contribution in [3.8, 4) is 0 Å². The van der Waals surface area contributed by atoms with Crippen molar-refractivity contribution < 1.29 is 19.3 Å². The maximum Gasteiger partial charge on any atom is 0.161 e. The lowest BCUT2D eigenvalue weighted by Crippen LogP contribution is -2.91. The van der Waals surface area contributed by atoms with Crippen LogP contribution in [0.25, 0.3) is 0 Å². The summed E-state index contributed by atoms with van der Waals surface area (Å²) >= 11 is 0. The molecule has 1 aliphatic rings. The number of quaternary nitrogens is 1. The molecule has 23 heavy (non-hydrogen) atoms. The Labute approximate surface area is 137 Å². The zero-order valence-corrected chi connectivity index (χ0v) is 13.7. The second kappa shape index (κ2) is 6.77. The molecule has 124 valence electrons. The Morgan fingerprint density at radius 2 is 2.00 bits per heavy atom. The van der Waals surface area contributed by atoms with Gasteiger partial charge in [-0.3, -0.25) is 0 Å². The van der Waals surface area contributed by atoms with E-state index < -0.39 is 5.60 Å². The SMILES string of the molecule is C=CC[C@@]1(O)C[C@@H](c2ccco2)[NH2+][C@@H](c2ccco2)[C@@H]1CCC. The number of rotatable bonds is 6. The van der Waals surface area contributed by atoms with E-state index in [0.29, 0.717) is 12.8 Å². The smallest absolute Gasteiger partial charge is 0.161 e. The lowest BCUT2D eigenvalue weighted by Gasteiger charge is -2.44. The van der Waals surface area contributed by atoms with Crippen LogP contribution in [-0.4, -0.2) is 10.7 Å². The fraction of sp³-hybridized carbons (Fsp3) is 0.474. The van der Waals surface area contributed by atoms with Crippen LogP contribution in [0, 0.1) is 5.92 Å². The molecule has 2 aromatic heterocycles. The van der Waals surface area contributed by atoms with Crippen molar-refractivity contribution in [3.63, 3.8) is 0 Å². The van der Waals surface area contributed by atoms with Crippen molar-refractivity contribution >= 4 is 0 Å². The molecule has 0 bridgehead atoms. The van der Waals surface area contributed by atoms with Crippen LogP contribution in [0.1, 0.15) is 56.2 Å². The zero-order chi connectivity index (χ0) is 16.3. The summed E-state index contributed by atoms with van der Waals surface area (Å²) in [6, 6.07) is 7.96. The number of piperidine rings is 1. The van der Waals surface area contributed by atoms with E-state index in [1.54, 1.807) is 12.5 Å². The summed E-state index contributed by atoms with van der Waals surface area (Å²) in [6.07, 6.45) is 8.45. The van der Waals surface area contributed by atoms with Gasteiger partial charge in [-0.15, -0.1) is 6.58 Å². The maximum absolute atomic E-state index is 11.4. The van der Waals surface area contributed by atoms with E-state index >= 15 is 0 Å². The molecule has 0 aliphatic carbocycles. The monoisotopic (exact) mass is 316 g/mol. The van der Waals surface area contributed by atoms with Crippen molar-refractivity contribution in [2.75, 3.05) is 0 Å². The Morgan fingerprint density at radius 1 is 1.30 bits per heavy atom. The molecule has 0 aromatic carbocycles. The molecule has 0 radical (unpaired) electrons. The predicted molar refractivity (Wildman–Crippen MR) is 87.6 cm³/mol. The summed E-state index contributed by atoms with van der Waals surface area (Å²) in [4.78, 5) is 0. The van der Waals surface area contributed by atoms with Gasteiger partial charge in [0.2, 0.25) is 0 Å². The number of hydrogen-bond acceptors (Lipinski definition) is 3. The highest BCUT2D eigenvalue weighted by molar-refractivity contribution is 5.12. The molecule has 2 aromatic rings. The molecule has 1 saturated heterocycles. The highest BCUT2D eigenvalue weighted by Gasteiger charge is 2.51. The molecule has 0 unspecified atom stereocenters. The third kappa shape index (κ3) is 3.14. The molecule has 3 N–H and O–H groups in total. The summed E-state index contributed by atoms with van der Waals surface area (Å²) in [5, 5.41) is 13.7. The quantitative estimate of drug-likeness (QED) is 0.803. The number of furan rings is 2. The second-order valence-corrected chi connectivity index (χ2v) is 6.55. The van der Waals surface area contributed by atoms with Gasteiger partial charge in [-0.05, 0) is 37.1 Å². The minimum absolute atomic E-state index is 0.0816. The van der Waals surface area contributed by atoms with E-state index in [1.807, 2.05) is 30.3 Å². The molecule has 0 amide bonds. The van der Waals surface area contributed by atoms with Gasteiger partial charge < -0.3 is 19.3 Å². The van der Waals surface area contributed by atoms with Crippen molar-refractivity contribution in [1.82, 2.24) is 0 Å². The molecule has 0 spiro atoms. The Balaban J connectivity index is 1.97. The van der Waals surface area contributed by atoms with Crippen molar-refractivity contribution in [2.24, 2.45) is 5.92 Å². The van der Waals surface area contributed by atoms with Gasteiger partial charge in [-0.2, -0.15) is 0 Å². The van der Waals surface area contributed by atoms with Gasteiger partial charge >= 0.3 is 0 Å². The van der Waals surface area contributed by atoms with Crippen molar-refractivity contribution in [2.45, 2.75) is 50.3 Å². The topological polar surface area (TPSA) is 63.1 Å². The summed E-state index contributed by atoms with van der Waals surface area (Å²) in [5.74, 6) is 1.95. The van der Waals surface area contributed by atoms with Gasteiger partial charge in [0.1, 0.15) is 6.04 Å². The fourth-order valence-corrected chi connectivity index (χ4v) is 4.03. The molecule has 0 saturated carbocycles. The van der Waals surface area contributed by atoms with Crippen LogP contribution in [0.3, 0.4) is 0 Å². The lowest BCUT2D eigenvalue weighted by atomic mass is 9.69. The average Bonchev–Trinajstić information content (AvgIpc) is 3.22. The first-order valence-electron chi connectivity index (χ1n) is 8.43. The van der Waals surface area contributed by atoms with Gasteiger partial charge in [-0.25, -0.2) is 0 Å². The van der Waals surface area contributed by atoms with Gasteiger partial charge in [0.25, 0.3) is 0 Å². The molecule has 4 heteroatoms. The maximum atomic E-state index is 11.4. The van der Waals surface area contributed by atoms with Gasteiger partial charge in [0.05, 0.1) is 18.1 Å². The van der Waals surface area contributed by atoms with Crippen LogP contribution in [0.2, 0.25) is 0 Å². The van der Waals surface area contributed by atoms with Gasteiger partial charge in [0.15, 0.2) is 17.6 Å². The zero-order valence-electron chi connectivity index (χ0n) is 13.7. The minimum Gasteiger partial charge on any atom is -0.463 e. The highest BCUT2D eigenvalue weighted by atomic mass is 16.3. The van der Waals surface area contributed by atoms with E-state index in [0.717, 1.165) is 24.4 Å². The largest absolute Gasteiger partial charge is 0.463 e. The molecule has 1 aliphatic heterocycles. The van der Waals surface area contributed by atoms with Gasteiger partial charge in [0, 0.05) is 12.3 Å². The number of aliphatic hydroxyl groups is 1. The van der Waals surface area contributed by atoms with E-state index in [2.05, 4.69) is 18.8 Å². The van der Waals surface area contributed by atoms with E-state index in [4.69, 9.17) is 8.83 Å². The summed E-state index contributed by atoms with van der Waals surface area (Å²) in [5.41, 5.74) is -0.790. The van der Waals surface area contributed by atoms with E-state index in [1.165, 1.54) is 0 Å². The van der Waals surface area contributed by atoms with Crippen molar-refractivity contribution in [3.05, 3.63) is 61.0 Å². The average molecular weight is 316 g/mol. The molecule has 4 atom stereocenters. The van der Waals surface area contributed by atoms with Crippen molar-refractivity contribution in [1.29, 1.82) is 0 Å². The summed E-state index contributed by atoms with van der Waals surface area (Å²) < 4.78 is 11.3.